The molecule has 0 N–H and O–H groups in total. The highest BCUT2D eigenvalue weighted by Crippen LogP contribution is 2.06. The van der Waals surface area contributed by atoms with Crippen LogP contribution in [0.5, 0.6) is 0 Å². The summed E-state index contributed by atoms with van der Waals surface area (Å²) in [6, 6.07) is 3.85. The van der Waals surface area contributed by atoms with Gasteiger partial charge in [0.15, 0.2) is 0 Å². The zero-order valence-electron chi connectivity index (χ0n) is 9.65. The monoisotopic (exact) mass is 238 g/mol. The van der Waals surface area contributed by atoms with Crippen molar-refractivity contribution >= 4 is 18.1 Å². The van der Waals surface area contributed by atoms with E-state index in [9.17, 15) is 4.79 Å². The fourth-order valence-corrected chi connectivity index (χ4v) is 1.79. The number of fused-ring (bicyclic) bond motifs is 1. The van der Waals surface area contributed by atoms with Crippen LogP contribution in [0.4, 0.5) is 0 Å². The SMILES string of the molecule is CCc1c(C)nc2cc(C)ccn2c1=O.Cl. The molecule has 3 nitrogen and oxygen atoms in total. The summed E-state index contributed by atoms with van der Waals surface area (Å²) in [5, 5.41) is 0. The molecular weight excluding hydrogens is 224 g/mol. The van der Waals surface area contributed by atoms with Crippen LogP contribution in [0.1, 0.15) is 23.7 Å². The molecule has 0 aliphatic rings. The second-order valence-electron chi connectivity index (χ2n) is 3.77. The molecular formula is C12H15ClN2O. The molecule has 0 saturated heterocycles. The summed E-state index contributed by atoms with van der Waals surface area (Å²) in [6.45, 7) is 5.86. The summed E-state index contributed by atoms with van der Waals surface area (Å²) in [7, 11) is 0. The van der Waals surface area contributed by atoms with Crippen LogP contribution in [0.2, 0.25) is 0 Å². The van der Waals surface area contributed by atoms with Crippen molar-refractivity contribution in [2.75, 3.05) is 0 Å². The topological polar surface area (TPSA) is 34.4 Å². The summed E-state index contributed by atoms with van der Waals surface area (Å²) < 4.78 is 1.61. The third-order valence-electron chi connectivity index (χ3n) is 2.64. The minimum absolute atomic E-state index is 0. The summed E-state index contributed by atoms with van der Waals surface area (Å²) >= 11 is 0. The summed E-state index contributed by atoms with van der Waals surface area (Å²) in [5.41, 5.74) is 3.55. The van der Waals surface area contributed by atoms with Gasteiger partial charge in [-0.15, -0.1) is 12.4 Å². The van der Waals surface area contributed by atoms with Gasteiger partial charge in [-0.25, -0.2) is 4.98 Å². The third kappa shape index (κ3) is 1.95. The van der Waals surface area contributed by atoms with Gasteiger partial charge in [-0.1, -0.05) is 6.92 Å². The molecule has 16 heavy (non-hydrogen) atoms. The highest BCUT2D eigenvalue weighted by atomic mass is 35.5. The lowest BCUT2D eigenvalue weighted by molar-refractivity contribution is 0.934. The molecule has 4 heteroatoms. The van der Waals surface area contributed by atoms with E-state index in [0.29, 0.717) is 0 Å². The zero-order chi connectivity index (χ0) is 11.0. The van der Waals surface area contributed by atoms with Crippen LogP contribution in [-0.2, 0) is 6.42 Å². The normalized spacial score (nSPS) is 10.2. The minimum atomic E-state index is 0. The summed E-state index contributed by atoms with van der Waals surface area (Å²) in [6.07, 6.45) is 2.52. The van der Waals surface area contributed by atoms with Gasteiger partial charge in [-0.05, 0) is 38.0 Å². The average molecular weight is 239 g/mol. The van der Waals surface area contributed by atoms with Crippen LogP contribution < -0.4 is 5.56 Å². The lowest BCUT2D eigenvalue weighted by Crippen LogP contribution is -2.20. The van der Waals surface area contributed by atoms with Crippen LogP contribution >= 0.6 is 12.4 Å². The van der Waals surface area contributed by atoms with Crippen molar-refractivity contribution in [2.45, 2.75) is 27.2 Å². The number of nitrogens with zero attached hydrogens (tertiary/aromatic N) is 2. The van der Waals surface area contributed by atoms with E-state index in [4.69, 9.17) is 0 Å². The Bertz CT molecular complexity index is 575. The van der Waals surface area contributed by atoms with Crippen molar-refractivity contribution in [1.29, 1.82) is 0 Å². The number of aryl methyl sites for hydroxylation is 2. The van der Waals surface area contributed by atoms with Gasteiger partial charge in [0.2, 0.25) is 0 Å². The molecule has 86 valence electrons. The molecule has 0 aliphatic heterocycles. The van der Waals surface area contributed by atoms with E-state index in [0.717, 1.165) is 28.9 Å². The molecule has 0 aliphatic carbocycles. The number of hydrogen-bond acceptors (Lipinski definition) is 2. The van der Waals surface area contributed by atoms with Crippen LogP contribution in [0.25, 0.3) is 5.65 Å². The first-order chi connectivity index (χ1) is 7.13. The van der Waals surface area contributed by atoms with Crippen molar-refractivity contribution in [3.8, 4) is 0 Å². The smallest absolute Gasteiger partial charge is 0.261 e. The first-order valence-electron chi connectivity index (χ1n) is 5.12. The second-order valence-corrected chi connectivity index (χ2v) is 3.77. The molecule has 0 atom stereocenters. The maximum atomic E-state index is 12.0. The molecule has 0 unspecified atom stereocenters. The molecule has 0 bridgehead atoms. The average Bonchev–Trinajstić information content (AvgIpc) is 2.17. The van der Waals surface area contributed by atoms with Gasteiger partial charge in [0.05, 0.1) is 0 Å². The Morgan fingerprint density at radius 1 is 1.38 bits per heavy atom. The molecule has 0 saturated carbocycles. The highest BCUT2D eigenvalue weighted by Gasteiger charge is 2.06. The lowest BCUT2D eigenvalue weighted by atomic mass is 10.2. The molecule has 0 fully saturated rings. The van der Waals surface area contributed by atoms with Crippen LogP contribution in [0.15, 0.2) is 23.1 Å². The Morgan fingerprint density at radius 2 is 2.06 bits per heavy atom. The van der Waals surface area contributed by atoms with Crippen molar-refractivity contribution in [1.82, 2.24) is 9.38 Å². The Kier molecular flexibility index (Phi) is 3.70. The van der Waals surface area contributed by atoms with E-state index in [1.165, 1.54) is 0 Å². The van der Waals surface area contributed by atoms with Gasteiger partial charge >= 0.3 is 0 Å². The van der Waals surface area contributed by atoms with E-state index < -0.39 is 0 Å². The maximum Gasteiger partial charge on any atom is 0.261 e. The van der Waals surface area contributed by atoms with Gasteiger partial charge in [0.25, 0.3) is 5.56 Å². The summed E-state index contributed by atoms with van der Waals surface area (Å²) in [5.74, 6) is 0. The first kappa shape index (κ1) is 12.7. The molecule has 2 aromatic heterocycles. The van der Waals surface area contributed by atoms with Gasteiger partial charge in [0, 0.05) is 17.5 Å². The standard InChI is InChI=1S/C12H14N2O.ClH/c1-4-10-9(3)13-11-7-8(2)5-6-14(11)12(10)15;/h5-7H,4H2,1-3H3;1H. The Balaban J connectivity index is 0.00000128. The van der Waals surface area contributed by atoms with Crippen LogP contribution in [0, 0.1) is 13.8 Å². The van der Waals surface area contributed by atoms with E-state index in [-0.39, 0.29) is 18.0 Å². The summed E-state index contributed by atoms with van der Waals surface area (Å²) in [4.78, 5) is 16.4. The van der Waals surface area contributed by atoms with Gasteiger partial charge < -0.3 is 0 Å². The third-order valence-corrected chi connectivity index (χ3v) is 2.64. The van der Waals surface area contributed by atoms with Gasteiger partial charge in [0.1, 0.15) is 5.65 Å². The molecule has 2 heterocycles. The number of hydrogen-bond donors (Lipinski definition) is 0. The van der Waals surface area contributed by atoms with Gasteiger partial charge in [-0.3, -0.25) is 9.20 Å². The van der Waals surface area contributed by atoms with Crippen molar-refractivity contribution in [2.24, 2.45) is 0 Å². The zero-order valence-corrected chi connectivity index (χ0v) is 10.5. The molecule has 0 spiro atoms. The van der Waals surface area contributed by atoms with Crippen molar-refractivity contribution in [3.05, 3.63) is 45.5 Å². The molecule has 2 aromatic rings. The van der Waals surface area contributed by atoms with Crippen molar-refractivity contribution < 1.29 is 0 Å². The lowest BCUT2D eigenvalue weighted by Gasteiger charge is -2.06. The van der Waals surface area contributed by atoms with E-state index in [1.54, 1.807) is 10.6 Å². The Labute approximate surface area is 101 Å². The van der Waals surface area contributed by atoms with Crippen molar-refractivity contribution in [3.63, 3.8) is 0 Å². The molecule has 0 amide bonds. The fourth-order valence-electron chi connectivity index (χ4n) is 1.79. The largest absolute Gasteiger partial charge is 0.269 e. The fraction of sp³-hybridized carbons (Fsp3) is 0.333. The predicted octanol–water partition coefficient (Wildman–Crippen LogP) is 2.30. The van der Waals surface area contributed by atoms with Crippen LogP contribution in [0.3, 0.4) is 0 Å². The highest BCUT2D eigenvalue weighted by molar-refractivity contribution is 5.85. The van der Waals surface area contributed by atoms with E-state index in [1.807, 2.05) is 32.9 Å². The Morgan fingerprint density at radius 3 is 2.69 bits per heavy atom. The quantitative estimate of drug-likeness (QED) is 0.764. The number of rotatable bonds is 1. The van der Waals surface area contributed by atoms with Gasteiger partial charge in [-0.2, -0.15) is 0 Å². The maximum absolute atomic E-state index is 12.0. The van der Waals surface area contributed by atoms with E-state index in [2.05, 4.69) is 4.98 Å². The number of aromatic nitrogens is 2. The Hall–Kier alpha value is -1.35. The first-order valence-corrected chi connectivity index (χ1v) is 5.12. The number of pyridine rings is 1. The van der Waals surface area contributed by atoms with Crippen LogP contribution in [-0.4, -0.2) is 9.38 Å². The molecule has 2 rings (SSSR count). The number of halogens is 1. The molecule has 0 radical (unpaired) electrons. The molecule has 0 aromatic carbocycles. The predicted molar refractivity (Wildman–Crippen MR) is 67.6 cm³/mol. The van der Waals surface area contributed by atoms with E-state index >= 15 is 0 Å². The second kappa shape index (κ2) is 4.66. The minimum Gasteiger partial charge on any atom is -0.269 e.